The van der Waals surface area contributed by atoms with E-state index in [-0.39, 0.29) is 0 Å². The number of thiophene rings is 1. The van der Waals surface area contributed by atoms with Gasteiger partial charge >= 0.3 is 5.97 Å². The van der Waals surface area contributed by atoms with Crippen molar-refractivity contribution in [2.24, 2.45) is 0 Å². The summed E-state index contributed by atoms with van der Waals surface area (Å²) in [6.07, 6.45) is 5.05. The molecule has 5 heteroatoms. The summed E-state index contributed by atoms with van der Waals surface area (Å²) in [5, 5.41) is 24.3. The van der Waals surface area contributed by atoms with Gasteiger partial charge in [0, 0.05) is 13.1 Å². The van der Waals surface area contributed by atoms with Gasteiger partial charge in [-0.05, 0) is 29.9 Å². The molecule has 3 N–H and O–H groups in total. The number of aliphatic hydroxyl groups is 1. The van der Waals surface area contributed by atoms with Crippen molar-refractivity contribution < 1.29 is 15.0 Å². The molecular weight excluding hydrogens is 250 g/mol. The van der Waals surface area contributed by atoms with Gasteiger partial charge in [0.2, 0.25) is 0 Å². The Labute approximate surface area is 111 Å². The summed E-state index contributed by atoms with van der Waals surface area (Å²) in [5.74, 6) is -0.877. The Morgan fingerprint density at radius 1 is 1.39 bits per heavy atom. The van der Waals surface area contributed by atoms with Gasteiger partial charge in [0.25, 0.3) is 0 Å². The Morgan fingerprint density at radius 2 is 2.11 bits per heavy atom. The van der Waals surface area contributed by atoms with Crippen LogP contribution in [0.4, 0.5) is 0 Å². The van der Waals surface area contributed by atoms with Crippen molar-refractivity contribution in [3.63, 3.8) is 0 Å². The average Bonchev–Trinajstić information content (AvgIpc) is 2.78. The van der Waals surface area contributed by atoms with Gasteiger partial charge in [-0.15, -0.1) is 11.3 Å². The van der Waals surface area contributed by atoms with Crippen LogP contribution in [-0.4, -0.2) is 28.3 Å². The lowest BCUT2D eigenvalue weighted by molar-refractivity contribution is 0.00468. The summed E-state index contributed by atoms with van der Waals surface area (Å²) in [5.41, 5.74) is 0.199. The molecule has 100 valence electrons. The van der Waals surface area contributed by atoms with Crippen molar-refractivity contribution in [1.82, 2.24) is 5.32 Å². The maximum absolute atomic E-state index is 10.9. The second-order valence-electron chi connectivity index (χ2n) is 4.97. The molecule has 0 amide bonds. The van der Waals surface area contributed by atoms with E-state index in [9.17, 15) is 9.90 Å². The summed E-state index contributed by atoms with van der Waals surface area (Å²) in [7, 11) is 0. The van der Waals surface area contributed by atoms with Crippen LogP contribution >= 0.6 is 11.3 Å². The first-order valence-corrected chi connectivity index (χ1v) is 7.21. The minimum atomic E-state index is -0.877. The predicted molar refractivity (Wildman–Crippen MR) is 71.0 cm³/mol. The number of rotatable bonds is 5. The van der Waals surface area contributed by atoms with E-state index in [1.807, 2.05) is 6.07 Å². The van der Waals surface area contributed by atoms with Crippen molar-refractivity contribution in [2.75, 3.05) is 6.54 Å². The van der Waals surface area contributed by atoms with Gasteiger partial charge in [0.1, 0.15) is 4.88 Å². The molecule has 1 fully saturated rings. The number of hydrogen-bond acceptors (Lipinski definition) is 4. The molecule has 2 rings (SSSR count). The first-order valence-electron chi connectivity index (χ1n) is 6.33. The Hall–Kier alpha value is -0.910. The van der Waals surface area contributed by atoms with Crippen molar-refractivity contribution >= 4 is 17.3 Å². The second-order valence-corrected chi connectivity index (χ2v) is 5.88. The zero-order chi connectivity index (χ0) is 13.0. The van der Waals surface area contributed by atoms with Crippen LogP contribution in [0.2, 0.25) is 0 Å². The summed E-state index contributed by atoms with van der Waals surface area (Å²) in [4.78, 5) is 11.3. The SMILES string of the molecule is O=C(O)c1sccc1CNCC1(O)CCCCC1. The number of carbonyl (C=O) groups is 1. The van der Waals surface area contributed by atoms with Crippen molar-refractivity contribution in [3.05, 3.63) is 21.9 Å². The second kappa shape index (κ2) is 5.82. The summed E-state index contributed by atoms with van der Waals surface area (Å²) in [6, 6.07) is 1.83. The summed E-state index contributed by atoms with van der Waals surface area (Å²) in [6.45, 7) is 1.05. The molecular formula is C13H19NO3S. The minimum Gasteiger partial charge on any atom is -0.477 e. The van der Waals surface area contributed by atoms with Crippen LogP contribution in [0.25, 0.3) is 0 Å². The fraction of sp³-hybridized carbons (Fsp3) is 0.615. The fourth-order valence-electron chi connectivity index (χ4n) is 2.48. The molecule has 0 atom stereocenters. The first kappa shape index (κ1) is 13.5. The van der Waals surface area contributed by atoms with Crippen LogP contribution in [0.1, 0.15) is 47.3 Å². The lowest BCUT2D eigenvalue weighted by atomic mass is 9.85. The Kier molecular flexibility index (Phi) is 4.37. The quantitative estimate of drug-likeness (QED) is 0.766. The van der Waals surface area contributed by atoms with Crippen LogP contribution in [0, 0.1) is 0 Å². The fourth-order valence-corrected chi connectivity index (χ4v) is 3.24. The van der Waals surface area contributed by atoms with Crippen LogP contribution in [0.5, 0.6) is 0 Å². The topological polar surface area (TPSA) is 69.6 Å². The Balaban J connectivity index is 1.84. The number of aromatic carboxylic acids is 1. The van der Waals surface area contributed by atoms with Crippen molar-refractivity contribution in [3.8, 4) is 0 Å². The van der Waals surface area contributed by atoms with Gasteiger partial charge < -0.3 is 15.5 Å². The van der Waals surface area contributed by atoms with E-state index in [1.165, 1.54) is 17.8 Å². The summed E-state index contributed by atoms with van der Waals surface area (Å²) >= 11 is 1.24. The van der Waals surface area contributed by atoms with E-state index in [4.69, 9.17) is 5.11 Å². The maximum atomic E-state index is 10.9. The summed E-state index contributed by atoms with van der Waals surface area (Å²) < 4.78 is 0. The molecule has 1 saturated carbocycles. The van der Waals surface area contributed by atoms with Gasteiger partial charge in [-0.1, -0.05) is 19.3 Å². The minimum absolute atomic E-state index is 0.387. The van der Waals surface area contributed by atoms with Crippen LogP contribution < -0.4 is 5.32 Å². The largest absolute Gasteiger partial charge is 0.477 e. The highest BCUT2D eigenvalue weighted by Gasteiger charge is 2.28. The van der Waals surface area contributed by atoms with Gasteiger partial charge in [-0.2, -0.15) is 0 Å². The predicted octanol–water partition coefficient (Wildman–Crippen LogP) is 2.23. The molecule has 0 aliphatic heterocycles. The van der Waals surface area contributed by atoms with E-state index < -0.39 is 11.6 Å². The van der Waals surface area contributed by atoms with Gasteiger partial charge in [0.05, 0.1) is 5.60 Å². The number of nitrogens with one attached hydrogen (secondary N) is 1. The molecule has 1 aromatic rings. The number of carboxylic acid groups (broad SMARTS) is 1. The third kappa shape index (κ3) is 3.31. The van der Waals surface area contributed by atoms with Crippen molar-refractivity contribution in [1.29, 1.82) is 0 Å². The van der Waals surface area contributed by atoms with Gasteiger partial charge in [-0.25, -0.2) is 4.79 Å². The molecule has 1 heterocycles. The van der Waals surface area contributed by atoms with E-state index in [2.05, 4.69) is 5.32 Å². The zero-order valence-corrected chi connectivity index (χ0v) is 11.1. The average molecular weight is 269 g/mol. The van der Waals surface area contributed by atoms with Crippen LogP contribution in [0.3, 0.4) is 0 Å². The first-order chi connectivity index (χ1) is 8.61. The zero-order valence-electron chi connectivity index (χ0n) is 10.3. The van der Waals surface area contributed by atoms with Gasteiger partial charge in [0.15, 0.2) is 0 Å². The molecule has 1 aliphatic carbocycles. The maximum Gasteiger partial charge on any atom is 0.346 e. The molecule has 0 saturated heterocycles. The van der Waals surface area contributed by atoms with E-state index in [1.54, 1.807) is 5.38 Å². The molecule has 0 spiro atoms. The lowest BCUT2D eigenvalue weighted by Gasteiger charge is -2.32. The molecule has 4 nitrogen and oxygen atoms in total. The third-order valence-corrected chi connectivity index (χ3v) is 4.44. The standard InChI is InChI=1S/C13H19NO3S/c15-12(16)11-10(4-7-18-11)8-14-9-13(17)5-2-1-3-6-13/h4,7,14,17H,1-3,5-6,8-9H2,(H,15,16). The Bertz CT molecular complexity index is 410. The molecule has 1 aliphatic rings. The normalized spacial score (nSPS) is 18.7. The molecule has 0 unspecified atom stereocenters. The highest BCUT2D eigenvalue weighted by molar-refractivity contribution is 7.12. The molecule has 0 bridgehead atoms. The lowest BCUT2D eigenvalue weighted by Crippen LogP contribution is -2.41. The highest BCUT2D eigenvalue weighted by atomic mass is 32.1. The Morgan fingerprint density at radius 3 is 2.78 bits per heavy atom. The van der Waals surface area contributed by atoms with Gasteiger partial charge in [-0.3, -0.25) is 0 Å². The van der Waals surface area contributed by atoms with Crippen LogP contribution in [-0.2, 0) is 6.54 Å². The highest BCUT2D eigenvalue weighted by Crippen LogP contribution is 2.27. The van der Waals surface area contributed by atoms with E-state index in [0.29, 0.717) is 18.0 Å². The van der Waals surface area contributed by atoms with E-state index in [0.717, 1.165) is 31.2 Å². The van der Waals surface area contributed by atoms with Crippen molar-refractivity contribution in [2.45, 2.75) is 44.2 Å². The number of hydrogen-bond donors (Lipinski definition) is 3. The number of carboxylic acids is 1. The third-order valence-electron chi connectivity index (χ3n) is 3.49. The molecule has 18 heavy (non-hydrogen) atoms. The molecule has 0 radical (unpaired) electrons. The molecule has 0 aromatic carbocycles. The smallest absolute Gasteiger partial charge is 0.346 e. The molecule has 1 aromatic heterocycles. The van der Waals surface area contributed by atoms with E-state index >= 15 is 0 Å². The monoisotopic (exact) mass is 269 g/mol. The van der Waals surface area contributed by atoms with Crippen LogP contribution in [0.15, 0.2) is 11.4 Å².